The minimum atomic E-state index is -3.16. The van der Waals surface area contributed by atoms with Gasteiger partial charge in [-0.15, -0.1) is 0 Å². The molecule has 0 spiro atoms. The quantitative estimate of drug-likeness (QED) is 0.658. The topological polar surface area (TPSA) is 46.5 Å². The first-order chi connectivity index (χ1) is 4.92. The Labute approximate surface area is 60.8 Å². The molecule has 0 saturated heterocycles. The van der Waals surface area contributed by atoms with Crippen molar-refractivity contribution in [2.45, 2.75) is 19.0 Å². The SMILES string of the molecule is CC(CF)(OC(=O)O)C(F)F. The molecule has 0 radical (unpaired) electrons. The summed E-state index contributed by atoms with van der Waals surface area (Å²) in [6.45, 7) is -0.858. The summed E-state index contributed by atoms with van der Waals surface area (Å²) in [5, 5.41) is 7.91. The van der Waals surface area contributed by atoms with Gasteiger partial charge in [0.15, 0.2) is 0 Å². The summed E-state index contributed by atoms with van der Waals surface area (Å²) in [7, 11) is 0. The summed E-state index contributed by atoms with van der Waals surface area (Å²) >= 11 is 0. The zero-order chi connectivity index (χ0) is 9.07. The van der Waals surface area contributed by atoms with Gasteiger partial charge in [0.1, 0.15) is 6.67 Å². The summed E-state index contributed by atoms with van der Waals surface area (Å²) < 4.78 is 39.1. The first kappa shape index (κ1) is 10.1. The average molecular weight is 172 g/mol. The van der Waals surface area contributed by atoms with Gasteiger partial charge < -0.3 is 9.84 Å². The van der Waals surface area contributed by atoms with Gasteiger partial charge in [0.25, 0.3) is 6.43 Å². The Bertz CT molecular complexity index is 150. The minimum Gasteiger partial charge on any atom is -0.450 e. The number of hydrogen-bond donors (Lipinski definition) is 1. The number of alkyl halides is 3. The zero-order valence-corrected chi connectivity index (χ0v) is 5.68. The molecule has 0 saturated carbocycles. The maximum absolute atomic E-state index is 11.8. The summed E-state index contributed by atoms with van der Waals surface area (Å²) in [5.41, 5.74) is -2.54. The largest absolute Gasteiger partial charge is 0.506 e. The maximum Gasteiger partial charge on any atom is 0.506 e. The highest BCUT2D eigenvalue weighted by Gasteiger charge is 2.39. The van der Waals surface area contributed by atoms with Crippen LogP contribution in [0.4, 0.5) is 18.0 Å². The highest BCUT2D eigenvalue weighted by atomic mass is 19.3. The van der Waals surface area contributed by atoms with E-state index in [0.717, 1.165) is 0 Å². The molecule has 0 aliphatic heterocycles. The third kappa shape index (κ3) is 2.65. The van der Waals surface area contributed by atoms with Gasteiger partial charge in [0.05, 0.1) is 0 Å². The van der Waals surface area contributed by atoms with E-state index in [2.05, 4.69) is 4.74 Å². The van der Waals surface area contributed by atoms with E-state index in [1.807, 2.05) is 0 Å². The van der Waals surface area contributed by atoms with Crippen molar-refractivity contribution in [1.82, 2.24) is 0 Å². The Morgan fingerprint density at radius 2 is 2.18 bits per heavy atom. The van der Waals surface area contributed by atoms with Gasteiger partial charge in [-0.05, 0) is 6.92 Å². The highest BCUT2D eigenvalue weighted by Crippen LogP contribution is 2.20. The van der Waals surface area contributed by atoms with Crippen molar-refractivity contribution in [1.29, 1.82) is 0 Å². The first-order valence-corrected chi connectivity index (χ1v) is 2.68. The smallest absolute Gasteiger partial charge is 0.450 e. The molecule has 3 nitrogen and oxygen atoms in total. The molecule has 0 rings (SSSR count). The molecule has 0 heterocycles. The van der Waals surface area contributed by atoms with Crippen LogP contribution in [0.25, 0.3) is 0 Å². The molecule has 0 fully saturated rings. The molecule has 0 aromatic carbocycles. The predicted molar refractivity (Wildman–Crippen MR) is 29.5 cm³/mol. The van der Waals surface area contributed by atoms with Crippen LogP contribution in [0.3, 0.4) is 0 Å². The molecule has 11 heavy (non-hydrogen) atoms. The lowest BCUT2D eigenvalue weighted by Gasteiger charge is -2.23. The summed E-state index contributed by atoms with van der Waals surface area (Å²) in [4.78, 5) is 9.76. The minimum absolute atomic E-state index is 0.686. The van der Waals surface area contributed by atoms with E-state index in [-0.39, 0.29) is 0 Å². The standard InChI is InChI=1S/C5H7F3O3/c1-5(2-6,3(7)8)11-4(9)10/h3H,2H2,1H3,(H,9,10). The number of rotatable bonds is 3. The van der Waals surface area contributed by atoms with Gasteiger partial charge in [-0.25, -0.2) is 18.0 Å². The Kier molecular flexibility index (Phi) is 3.16. The van der Waals surface area contributed by atoms with Crippen molar-refractivity contribution in [3.8, 4) is 0 Å². The maximum atomic E-state index is 11.8. The molecule has 0 aromatic heterocycles. The molecule has 0 aromatic rings. The zero-order valence-electron chi connectivity index (χ0n) is 5.68. The van der Waals surface area contributed by atoms with Crippen molar-refractivity contribution in [2.24, 2.45) is 0 Å². The Hall–Kier alpha value is -0.940. The molecule has 6 heteroatoms. The van der Waals surface area contributed by atoms with E-state index < -0.39 is 24.9 Å². The molecule has 1 N–H and O–H groups in total. The molecule has 0 aliphatic carbocycles. The lowest BCUT2D eigenvalue weighted by atomic mass is 10.1. The molecule has 0 amide bonds. The van der Waals surface area contributed by atoms with Gasteiger partial charge in [-0.3, -0.25) is 0 Å². The number of hydrogen-bond acceptors (Lipinski definition) is 2. The average Bonchev–Trinajstić information content (AvgIpc) is 1.86. The van der Waals surface area contributed by atoms with Crippen LogP contribution < -0.4 is 0 Å². The molecule has 66 valence electrons. The van der Waals surface area contributed by atoms with Crippen LogP contribution in [0.1, 0.15) is 6.92 Å². The number of carboxylic acid groups (broad SMARTS) is 1. The third-order valence-corrected chi connectivity index (χ3v) is 1.05. The van der Waals surface area contributed by atoms with Crippen molar-refractivity contribution >= 4 is 6.16 Å². The summed E-state index contributed by atoms with van der Waals surface area (Å²) in [6.07, 6.45) is -5.07. The lowest BCUT2D eigenvalue weighted by Crippen LogP contribution is -2.41. The fourth-order valence-corrected chi connectivity index (χ4v) is 0.330. The predicted octanol–water partition coefficient (Wildman–Crippen LogP) is 1.67. The van der Waals surface area contributed by atoms with E-state index in [1.54, 1.807) is 0 Å². The van der Waals surface area contributed by atoms with E-state index in [1.165, 1.54) is 0 Å². The number of ether oxygens (including phenoxy) is 1. The van der Waals surface area contributed by atoms with Crippen LogP contribution >= 0.6 is 0 Å². The van der Waals surface area contributed by atoms with Crippen LogP contribution in [0.15, 0.2) is 0 Å². The first-order valence-electron chi connectivity index (χ1n) is 2.68. The fraction of sp³-hybridized carbons (Fsp3) is 0.800. The van der Waals surface area contributed by atoms with Crippen LogP contribution in [0.2, 0.25) is 0 Å². The van der Waals surface area contributed by atoms with Gasteiger partial charge in [-0.1, -0.05) is 0 Å². The van der Waals surface area contributed by atoms with Crippen molar-refractivity contribution in [3.63, 3.8) is 0 Å². The summed E-state index contributed by atoms with van der Waals surface area (Å²) in [6, 6.07) is 0. The number of carbonyl (C=O) groups is 1. The Balaban J connectivity index is 4.22. The second kappa shape index (κ2) is 3.45. The van der Waals surface area contributed by atoms with Gasteiger partial charge in [0, 0.05) is 0 Å². The molecular formula is C5H7F3O3. The highest BCUT2D eigenvalue weighted by molar-refractivity contribution is 5.57. The molecule has 1 unspecified atom stereocenters. The Morgan fingerprint density at radius 3 is 2.27 bits per heavy atom. The monoisotopic (exact) mass is 172 g/mol. The van der Waals surface area contributed by atoms with Crippen molar-refractivity contribution in [2.75, 3.05) is 6.67 Å². The van der Waals surface area contributed by atoms with Gasteiger partial charge >= 0.3 is 6.16 Å². The fourth-order valence-electron chi connectivity index (χ4n) is 0.330. The second-order valence-corrected chi connectivity index (χ2v) is 2.11. The summed E-state index contributed by atoms with van der Waals surface area (Å²) in [5.74, 6) is 0. The van der Waals surface area contributed by atoms with Crippen molar-refractivity contribution in [3.05, 3.63) is 0 Å². The third-order valence-electron chi connectivity index (χ3n) is 1.05. The van der Waals surface area contributed by atoms with Crippen LogP contribution in [-0.4, -0.2) is 30.0 Å². The normalized spacial score (nSPS) is 16.1. The molecule has 0 aliphatic rings. The molecular weight excluding hydrogens is 165 g/mol. The van der Waals surface area contributed by atoms with Gasteiger partial charge in [-0.2, -0.15) is 0 Å². The van der Waals surface area contributed by atoms with Crippen LogP contribution in [-0.2, 0) is 4.74 Å². The van der Waals surface area contributed by atoms with Crippen molar-refractivity contribution < 1.29 is 27.8 Å². The van der Waals surface area contributed by atoms with Crippen LogP contribution in [0, 0.1) is 0 Å². The Morgan fingerprint density at radius 1 is 1.73 bits per heavy atom. The van der Waals surface area contributed by atoms with E-state index in [0.29, 0.717) is 6.92 Å². The van der Waals surface area contributed by atoms with Gasteiger partial charge in [0.2, 0.25) is 5.60 Å². The van der Waals surface area contributed by atoms with E-state index in [9.17, 15) is 18.0 Å². The van der Waals surface area contributed by atoms with Crippen LogP contribution in [0.5, 0.6) is 0 Å². The molecule has 1 atom stereocenters. The second-order valence-electron chi connectivity index (χ2n) is 2.11. The van der Waals surface area contributed by atoms with E-state index in [4.69, 9.17) is 5.11 Å². The number of halogens is 3. The van der Waals surface area contributed by atoms with E-state index >= 15 is 0 Å². The lowest BCUT2D eigenvalue weighted by molar-refractivity contribution is -0.113. The molecule has 0 bridgehead atoms.